The predicted octanol–water partition coefficient (Wildman–Crippen LogP) is 1.37. The Bertz CT molecular complexity index is 464. The van der Waals surface area contributed by atoms with Crippen molar-refractivity contribution < 1.29 is 28.9 Å². The molecule has 22 heavy (non-hydrogen) atoms. The van der Waals surface area contributed by atoms with Crippen molar-refractivity contribution in [1.29, 1.82) is 0 Å². The number of carbonyl (C=O) groups is 2. The van der Waals surface area contributed by atoms with Gasteiger partial charge in [-0.25, -0.2) is 9.59 Å². The van der Waals surface area contributed by atoms with Crippen LogP contribution in [-0.2, 0) is 25.6 Å². The Morgan fingerprint density at radius 1 is 1.23 bits per heavy atom. The van der Waals surface area contributed by atoms with Crippen molar-refractivity contribution in [3.05, 3.63) is 35.9 Å². The number of ether oxygens (including phenoxy) is 3. The van der Waals surface area contributed by atoms with Gasteiger partial charge < -0.3 is 19.3 Å². The van der Waals surface area contributed by atoms with Gasteiger partial charge in [0.1, 0.15) is 6.61 Å². The van der Waals surface area contributed by atoms with E-state index in [9.17, 15) is 14.7 Å². The number of aliphatic carboxylic acids is 1. The molecule has 0 radical (unpaired) electrons. The number of benzene rings is 1. The third-order valence-electron chi connectivity index (χ3n) is 2.95. The number of hydrogen-bond acceptors (Lipinski definition) is 5. The lowest BCUT2D eigenvalue weighted by molar-refractivity contribution is -0.144. The van der Waals surface area contributed by atoms with Crippen LogP contribution in [0.3, 0.4) is 0 Å². The van der Waals surface area contributed by atoms with Crippen LogP contribution < -0.4 is 0 Å². The topological polar surface area (TPSA) is 85.3 Å². The Morgan fingerprint density at radius 2 is 1.91 bits per heavy atom. The number of likely N-dealkylation sites (N-methyl/N-ethyl adjacent to an activating group) is 1. The summed E-state index contributed by atoms with van der Waals surface area (Å²) in [4.78, 5) is 24.1. The summed E-state index contributed by atoms with van der Waals surface area (Å²) in [5.41, 5.74) is 0.826. The zero-order valence-electron chi connectivity index (χ0n) is 12.7. The molecule has 0 aliphatic heterocycles. The van der Waals surface area contributed by atoms with Gasteiger partial charge in [-0.15, -0.1) is 0 Å². The van der Waals surface area contributed by atoms with Crippen molar-refractivity contribution >= 4 is 12.1 Å². The molecular formula is C15H21NO6. The monoisotopic (exact) mass is 311 g/mol. The number of amides is 1. The fourth-order valence-electron chi connectivity index (χ4n) is 1.63. The summed E-state index contributed by atoms with van der Waals surface area (Å²) >= 11 is 0. The van der Waals surface area contributed by atoms with Crippen molar-refractivity contribution in [1.82, 2.24) is 4.90 Å². The van der Waals surface area contributed by atoms with Gasteiger partial charge in [0.2, 0.25) is 0 Å². The molecule has 1 N–H and O–H groups in total. The molecule has 122 valence electrons. The molecule has 0 aliphatic carbocycles. The Hall–Kier alpha value is -2.12. The second-order valence-electron chi connectivity index (χ2n) is 4.57. The van der Waals surface area contributed by atoms with Gasteiger partial charge in [-0.2, -0.15) is 0 Å². The van der Waals surface area contributed by atoms with Crippen LogP contribution in [-0.4, -0.2) is 62.1 Å². The van der Waals surface area contributed by atoms with Gasteiger partial charge in [-0.1, -0.05) is 30.3 Å². The van der Waals surface area contributed by atoms with E-state index in [2.05, 4.69) is 0 Å². The molecule has 1 aromatic carbocycles. The van der Waals surface area contributed by atoms with Gasteiger partial charge in [0, 0.05) is 14.2 Å². The molecule has 0 saturated heterocycles. The van der Waals surface area contributed by atoms with Crippen LogP contribution in [0.15, 0.2) is 30.3 Å². The van der Waals surface area contributed by atoms with Gasteiger partial charge >= 0.3 is 12.1 Å². The molecule has 1 atom stereocenters. The average Bonchev–Trinajstić information content (AvgIpc) is 2.52. The summed E-state index contributed by atoms with van der Waals surface area (Å²) in [6, 6.07) is 8.04. The van der Waals surface area contributed by atoms with Gasteiger partial charge in [0.25, 0.3) is 0 Å². The molecule has 1 aromatic rings. The van der Waals surface area contributed by atoms with Gasteiger partial charge in [0.15, 0.2) is 6.04 Å². The lowest BCUT2D eigenvalue weighted by Gasteiger charge is -2.24. The Kier molecular flexibility index (Phi) is 7.95. The minimum Gasteiger partial charge on any atom is -0.480 e. The molecule has 1 unspecified atom stereocenters. The number of carboxylic acids is 1. The Balaban J connectivity index is 2.47. The van der Waals surface area contributed by atoms with Crippen LogP contribution in [0.2, 0.25) is 0 Å². The molecule has 0 fully saturated rings. The third-order valence-corrected chi connectivity index (χ3v) is 2.95. The molecule has 1 rings (SSSR count). The second kappa shape index (κ2) is 9.75. The summed E-state index contributed by atoms with van der Waals surface area (Å²) in [5.74, 6) is -1.16. The van der Waals surface area contributed by atoms with Crippen LogP contribution in [0.25, 0.3) is 0 Å². The van der Waals surface area contributed by atoms with Gasteiger partial charge in [-0.05, 0) is 5.56 Å². The van der Waals surface area contributed by atoms with E-state index in [0.717, 1.165) is 10.5 Å². The third kappa shape index (κ3) is 6.11. The summed E-state index contributed by atoms with van der Waals surface area (Å²) in [6.45, 7) is 0.568. The normalized spacial score (nSPS) is 11.7. The standard InChI is InChI=1S/C15H21NO6/c1-16(13(14(17)18)11-21-9-8-20-2)15(19)22-10-12-6-4-3-5-7-12/h3-7,13H,8-11H2,1-2H3,(H,17,18). The first-order valence-corrected chi connectivity index (χ1v) is 6.79. The van der Waals surface area contributed by atoms with Crippen molar-refractivity contribution in [2.75, 3.05) is 34.0 Å². The van der Waals surface area contributed by atoms with Crippen molar-refractivity contribution in [3.8, 4) is 0 Å². The number of methoxy groups -OCH3 is 1. The summed E-state index contributed by atoms with van der Waals surface area (Å²) in [6.07, 6.45) is -0.716. The quantitative estimate of drug-likeness (QED) is 0.693. The van der Waals surface area contributed by atoms with Crippen LogP contribution in [0.5, 0.6) is 0 Å². The van der Waals surface area contributed by atoms with Gasteiger partial charge in [0.05, 0.1) is 19.8 Å². The smallest absolute Gasteiger partial charge is 0.410 e. The number of carbonyl (C=O) groups excluding carboxylic acids is 1. The molecule has 0 heterocycles. The minimum absolute atomic E-state index is 0.0842. The van der Waals surface area contributed by atoms with Crippen LogP contribution in [0.1, 0.15) is 5.56 Å². The fourth-order valence-corrected chi connectivity index (χ4v) is 1.63. The van der Waals surface area contributed by atoms with E-state index in [1.165, 1.54) is 14.2 Å². The lowest BCUT2D eigenvalue weighted by Crippen LogP contribution is -2.45. The predicted molar refractivity (Wildman–Crippen MR) is 78.5 cm³/mol. The maximum absolute atomic E-state index is 11.9. The highest BCUT2D eigenvalue weighted by Crippen LogP contribution is 2.06. The molecule has 0 aromatic heterocycles. The summed E-state index contributed by atoms with van der Waals surface area (Å²) in [5, 5.41) is 9.17. The number of rotatable bonds is 9. The van der Waals surface area contributed by atoms with E-state index < -0.39 is 18.1 Å². The molecule has 0 saturated carbocycles. The first-order valence-electron chi connectivity index (χ1n) is 6.79. The van der Waals surface area contributed by atoms with E-state index in [4.69, 9.17) is 14.2 Å². The first-order chi connectivity index (χ1) is 10.6. The SMILES string of the molecule is COCCOCC(C(=O)O)N(C)C(=O)OCc1ccccc1. The molecule has 0 spiro atoms. The molecule has 0 aliphatic rings. The number of carboxylic acid groups (broad SMARTS) is 1. The van der Waals surface area contributed by atoms with Crippen LogP contribution in [0, 0.1) is 0 Å². The summed E-state index contributed by atoms with van der Waals surface area (Å²) < 4.78 is 15.1. The maximum atomic E-state index is 11.9. The lowest BCUT2D eigenvalue weighted by atomic mass is 10.2. The minimum atomic E-state index is -1.16. The van der Waals surface area contributed by atoms with E-state index in [-0.39, 0.29) is 19.8 Å². The molecule has 0 bridgehead atoms. The Morgan fingerprint density at radius 3 is 2.50 bits per heavy atom. The van der Waals surface area contributed by atoms with Gasteiger partial charge in [-0.3, -0.25) is 4.90 Å². The fraction of sp³-hybridized carbons (Fsp3) is 0.467. The zero-order chi connectivity index (χ0) is 16.4. The van der Waals surface area contributed by atoms with Crippen molar-refractivity contribution in [2.45, 2.75) is 12.6 Å². The van der Waals surface area contributed by atoms with Crippen molar-refractivity contribution in [2.24, 2.45) is 0 Å². The van der Waals surface area contributed by atoms with Crippen LogP contribution >= 0.6 is 0 Å². The highest BCUT2D eigenvalue weighted by Gasteiger charge is 2.27. The second-order valence-corrected chi connectivity index (χ2v) is 4.57. The number of nitrogens with zero attached hydrogens (tertiary/aromatic N) is 1. The molecule has 7 heteroatoms. The van der Waals surface area contributed by atoms with Crippen molar-refractivity contribution in [3.63, 3.8) is 0 Å². The Labute approximate surface area is 129 Å². The number of hydrogen-bond donors (Lipinski definition) is 1. The average molecular weight is 311 g/mol. The van der Waals surface area contributed by atoms with E-state index in [1.807, 2.05) is 30.3 Å². The maximum Gasteiger partial charge on any atom is 0.410 e. The largest absolute Gasteiger partial charge is 0.480 e. The van der Waals surface area contributed by atoms with E-state index >= 15 is 0 Å². The molecular weight excluding hydrogens is 290 g/mol. The highest BCUT2D eigenvalue weighted by atomic mass is 16.6. The molecule has 7 nitrogen and oxygen atoms in total. The molecule has 1 amide bonds. The van der Waals surface area contributed by atoms with Crippen LogP contribution in [0.4, 0.5) is 4.79 Å². The van der Waals surface area contributed by atoms with E-state index in [0.29, 0.717) is 6.61 Å². The van der Waals surface area contributed by atoms with E-state index in [1.54, 1.807) is 0 Å². The summed E-state index contributed by atoms with van der Waals surface area (Å²) in [7, 11) is 2.89. The first kappa shape index (κ1) is 17.9. The zero-order valence-corrected chi connectivity index (χ0v) is 12.7. The highest BCUT2D eigenvalue weighted by molar-refractivity contribution is 5.80.